The van der Waals surface area contributed by atoms with Crippen molar-refractivity contribution in [3.05, 3.63) is 29.3 Å². The van der Waals surface area contributed by atoms with Crippen LogP contribution in [0.15, 0.2) is 23.1 Å². The van der Waals surface area contributed by atoms with E-state index in [0.717, 1.165) is 44.1 Å². The van der Waals surface area contributed by atoms with Crippen LogP contribution in [-0.4, -0.2) is 26.2 Å². The van der Waals surface area contributed by atoms with Gasteiger partial charge in [-0.3, -0.25) is 0 Å². The van der Waals surface area contributed by atoms with Gasteiger partial charge in [-0.2, -0.15) is 0 Å². The van der Waals surface area contributed by atoms with Crippen molar-refractivity contribution in [1.29, 1.82) is 0 Å². The summed E-state index contributed by atoms with van der Waals surface area (Å²) in [5.74, 6) is 0. The third kappa shape index (κ3) is 2.74. The fourth-order valence-corrected chi connectivity index (χ4v) is 5.05. The minimum Gasteiger partial charge on any atom is -0.396 e. The molecule has 0 saturated heterocycles. The van der Waals surface area contributed by atoms with Gasteiger partial charge in [0.1, 0.15) is 0 Å². The normalized spacial score (nSPS) is 28.8. The summed E-state index contributed by atoms with van der Waals surface area (Å²) in [7, 11) is -3.51. The first-order chi connectivity index (χ1) is 9.94. The highest BCUT2D eigenvalue weighted by atomic mass is 32.2. The second-order valence-electron chi connectivity index (χ2n) is 6.66. The number of aryl methyl sites for hydroxylation is 2. The monoisotopic (exact) mass is 309 g/mol. The topological polar surface area (TPSA) is 66.4 Å². The molecule has 4 nitrogen and oxygen atoms in total. The summed E-state index contributed by atoms with van der Waals surface area (Å²) in [5, 5.41) is 9.56. The fourth-order valence-electron chi connectivity index (χ4n) is 3.59. The van der Waals surface area contributed by atoms with E-state index in [4.69, 9.17) is 0 Å². The Bertz CT molecular complexity index is 641. The molecule has 2 aliphatic rings. The summed E-state index contributed by atoms with van der Waals surface area (Å²) >= 11 is 0. The maximum atomic E-state index is 12.6. The van der Waals surface area contributed by atoms with Gasteiger partial charge in [-0.1, -0.05) is 19.4 Å². The van der Waals surface area contributed by atoms with Crippen LogP contribution in [-0.2, 0) is 22.9 Å². The minimum atomic E-state index is -3.51. The Hall–Kier alpha value is -0.910. The highest BCUT2D eigenvalue weighted by molar-refractivity contribution is 7.89. The van der Waals surface area contributed by atoms with Crippen LogP contribution in [0.25, 0.3) is 0 Å². The predicted molar refractivity (Wildman–Crippen MR) is 81.6 cm³/mol. The van der Waals surface area contributed by atoms with Crippen LogP contribution in [0.2, 0.25) is 0 Å². The van der Waals surface area contributed by atoms with Gasteiger partial charge in [-0.05, 0) is 55.4 Å². The van der Waals surface area contributed by atoms with Crippen molar-refractivity contribution >= 4 is 10.0 Å². The molecular weight excluding hydrogens is 286 g/mol. The van der Waals surface area contributed by atoms with Crippen LogP contribution in [0.3, 0.4) is 0 Å². The molecule has 0 aromatic heterocycles. The quantitative estimate of drug-likeness (QED) is 0.894. The Morgan fingerprint density at radius 1 is 1.29 bits per heavy atom. The molecule has 2 N–H and O–H groups in total. The van der Waals surface area contributed by atoms with Crippen LogP contribution in [0.1, 0.15) is 43.7 Å². The number of aliphatic hydroxyl groups excluding tert-OH is 1. The standard InChI is InChI=1S/C16H23NO3S/c1-16(11-18)9-3-6-15(16)17-21(19,20)14-8-7-12-4-2-5-13(12)10-14/h7-8,10,15,17-18H,2-6,9,11H2,1H3. The molecule has 116 valence electrons. The van der Waals surface area contributed by atoms with Crippen molar-refractivity contribution in [3.8, 4) is 0 Å². The van der Waals surface area contributed by atoms with Crippen molar-refractivity contribution in [2.24, 2.45) is 5.41 Å². The molecule has 2 unspecified atom stereocenters. The van der Waals surface area contributed by atoms with E-state index in [-0.39, 0.29) is 18.1 Å². The van der Waals surface area contributed by atoms with Gasteiger partial charge in [-0.15, -0.1) is 0 Å². The van der Waals surface area contributed by atoms with Crippen LogP contribution < -0.4 is 4.72 Å². The Labute approximate surface area is 126 Å². The molecular formula is C16H23NO3S. The molecule has 1 fully saturated rings. The number of aliphatic hydroxyl groups is 1. The lowest BCUT2D eigenvalue weighted by Gasteiger charge is -2.29. The number of benzene rings is 1. The second-order valence-corrected chi connectivity index (χ2v) is 8.38. The molecule has 1 aromatic rings. The van der Waals surface area contributed by atoms with Gasteiger partial charge in [0.05, 0.1) is 4.90 Å². The molecule has 0 heterocycles. The molecule has 0 amide bonds. The van der Waals surface area contributed by atoms with E-state index in [2.05, 4.69) is 4.72 Å². The molecule has 2 atom stereocenters. The number of fused-ring (bicyclic) bond motifs is 1. The van der Waals surface area contributed by atoms with Gasteiger partial charge in [0.2, 0.25) is 10.0 Å². The maximum Gasteiger partial charge on any atom is 0.240 e. The number of hydrogen-bond acceptors (Lipinski definition) is 3. The summed E-state index contributed by atoms with van der Waals surface area (Å²) < 4.78 is 28.0. The summed E-state index contributed by atoms with van der Waals surface area (Å²) in [6.07, 6.45) is 5.73. The maximum absolute atomic E-state index is 12.6. The van der Waals surface area contributed by atoms with E-state index in [1.54, 1.807) is 6.07 Å². The smallest absolute Gasteiger partial charge is 0.240 e. The summed E-state index contributed by atoms with van der Waals surface area (Å²) in [4.78, 5) is 0.357. The van der Waals surface area contributed by atoms with Gasteiger partial charge >= 0.3 is 0 Å². The van der Waals surface area contributed by atoms with E-state index < -0.39 is 10.0 Å². The Kier molecular flexibility index (Phi) is 3.84. The van der Waals surface area contributed by atoms with Gasteiger partial charge in [0.15, 0.2) is 0 Å². The fraction of sp³-hybridized carbons (Fsp3) is 0.625. The molecule has 0 aliphatic heterocycles. The molecule has 0 spiro atoms. The highest BCUT2D eigenvalue weighted by Crippen LogP contribution is 2.38. The van der Waals surface area contributed by atoms with Gasteiger partial charge in [-0.25, -0.2) is 13.1 Å². The highest BCUT2D eigenvalue weighted by Gasteiger charge is 2.40. The summed E-state index contributed by atoms with van der Waals surface area (Å²) in [5.41, 5.74) is 2.09. The molecule has 1 saturated carbocycles. The van der Waals surface area contributed by atoms with Crippen LogP contribution in [0.4, 0.5) is 0 Å². The van der Waals surface area contributed by atoms with Crippen LogP contribution in [0, 0.1) is 5.41 Å². The summed E-state index contributed by atoms with van der Waals surface area (Å²) in [6.45, 7) is 1.97. The van der Waals surface area contributed by atoms with E-state index in [0.29, 0.717) is 4.90 Å². The Balaban J connectivity index is 1.84. The zero-order valence-electron chi connectivity index (χ0n) is 12.4. The zero-order chi connectivity index (χ0) is 15.1. The van der Waals surface area contributed by atoms with Crippen molar-refractivity contribution in [2.45, 2.75) is 56.4 Å². The predicted octanol–water partition coefficient (Wildman–Crippen LogP) is 2.00. The average Bonchev–Trinajstić information content (AvgIpc) is 3.05. The van der Waals surface area contributed by atoms with Crippen molar-refractivity contribution in [2.75, 3.05) is 6.61 Å². The molecule has 5 heteroatoms. The number of hydrogen-bond donors (Lipinski definition) is 2. The lowest BCUT2D eigenvalue weighted by molar-refractivity contribution is 0.127. The van der Waals surface area contributed by atoms with E-state index in [1.807, 2.05) is 19.1 Å². The number of nitrogens with one attached hydrogen (secondary N) is 1. The van der Waals surface area contributed by atoms with Crippen molar-refractivity contribution in [1.82, 2.24) is 4.72 Å². The summed E-state index contributed by atoms with van der Waals surface area (Å²) in [6, 6.07) is 5.28. The third-order valence-electron chi connectivity index (χ3n) is 5.12. The lowest BCUT2D eigenvalue weighted by Crippen LogP contribution is -2.44. The van der Waals surface area contributed by atoms with Crippen LogP contribution >= 0.6 is 0 Å². The van der Waals surface area contributed by atoms with Crippen LogP contribution in [0.5, 0.6) is 0 Å². The number of sulfonamides is 1. The molecule has 0 bridgehead atoms. The molecule has 3 rings (SSSR count). The Morgan fingerprint density at radius 3 is 2.81 bits per heavy atom. The van der Waals surface area contributed by atoms with E-state index in [1.165, 1.54) is 5.56 Å². The molecule has 21 heavy (non-hydrogen) atoms. The second kappa shape index (κ2) is 5.38. The van der Waals surface area contributed by atoms with Gasteiger partial charge in [0.25, 0.3) is 0 Å². The van der Waals surface area contributed by atoms with Crippen molar-refractivity contribution < 1.29 is 13.5 Å². The van der Waals surface area contributed by atoms with E-state index >= 15 is 0 Å². The molecule has 1 aromatic carbocycles. The SMILES string of the molecule is CC1(CO)CCCC1NS(=O)(=O)c1ccc2c(c1)CCC2. The average molecular weight is 309 g/mol. The minimum absolute atomic E-state index is 0.0182. The van der Waals surface area contributed by atoms with Gasteiger partial charge in [0, 0.05) is 18.1 Å². The number of rotatable bonds is 4. The Morgan fingerprint density at radius 2 is 2.05 bits per heavy atom. The lowest BCUT2D eigenvalue weighted by atomic mass is 9.86. The molecule has 2 aliphatic carbocycles. The third-order valence-corrected chi connectivity index (χ3v) is 6.59. The van der Waals surface area contributed by atoms with Crippen molar-refractivity contribution in [3.63, 3.8) is 0 Å². The van der Waals surface area contributed by atoms with Gasteiger partial charge < -0.3 is 5.11 Å². The zero-order valence-corrected chi connectivity index (χ0v) is 13.2. The largest absolute Gasteiger partial charge is 0.396 e. The molecule has 0 radical (unpaired) electrons. The first-order valence-corrected chi connectivity index (χ1v) is 9.18. The van der Waals surface area contributed by atoms with E-state index in [9.17, 15) is 13.5 Å². The first-order valence-electron chi connectivity index (χ1n) is 7.70. The first kappa shape index (κ1) is 15.0.